The molecule has 5 heteroatoms. The minimum atomic E-state index is -0.00556. The van der Waals surface area contributed by atoms with E-state index in [1.54, 1.807) is 18.2 Å². The maximum absolute atomic E-state index is 12.1. The van der Waals surface area contributed by atoms with Crippen LogP contribution in [0.3, 0.4) is 0 Å². The van der Waals surface area contributed by atoms with Gasteiger partial charge in [-0.15, -0.1) is 0 Å². The summed E-state index contributed by atoms with van der Waals surface area (Å²) in [6, 6.07) is 6.22. The second-order valence-electron chi connectivity index (χ2n) is 5.90. The molecule has 2 atom stereocenters. The van der Waals surface area contributed by atoms with E-state index in [9.17, 15) is 4.79 Å². The molecule has 3 N–H and O–H groups in total. The Morgan fingerprint density at radius 1 is 1.38 bits per heavy atom. The average Bonchev–Trinajstić information content (AvgIpc) is 2.41. The molecule has 0 bridgehead atoms. The van der Waals surface area contributed by atoms with E-state index in [1.165, 1.54) is 19.3 Å². The van der Waals surface area contributed by atoms with Crippen molar-refractivity contribution in [3.8, 4) is 0 Å². The second kappa shape index (κ2) is 7.14. The predicted molar refractivity (Wildman–Crippen MR) is 88.6 cm³/mol. The number of rotatable bonds is 4. The van der Waals surface area contributed by atoms with E-state index in [0.717, 1.165) is 6.54 Å². The van der Waals surface area contributed by atoms with Crippen molar-refractivity contribution in [1.82, 2.24) is 4.90 Å². The van der Waals surface area contributed by atoms with E-state index in [2.05, 4.69) is 24.1 Å². The molecular formula is C16H24ClN3O. The van der Waals surface area contributed by atoms with Gasteiger partial charge in [-0.05, 0) is 44.9 Å². The molecular weight excluding hydrogens is 286 g/mol. The smallest absolute Gasteiger partial charge is 0.225 e. The number of benzene rings is 1. The van der Waals surface area contributed by atoms with Crippen molar-refractivity contribution in [2.24, 2.45) is 0 Å². The fourth-order valence-corrected chi connectivity index (χ4v) is 3.19. The highest BCUT2D eigenvalue weighted by atomic mass is 35.5. The van der Waals surface area contributed by atoms with Gasteiger partial charge in [-0.3, -0.25) is 9.69 Å². The average molecular weight is 310 g/mol. The minimum absolute atomic E-state index is 0.00556. The number of hydrogen-bond donors (Lipinski definition) is 2. The highest BCUT2D eigenvalue weighted by Gasteiger charge is 2.24. The highest BCUT2D eigenvalue weighted by molar-refractivity contribution is 6.31. The summed E-state index contributed by atoms with van der Waals surface area (Å²) < 4.78 is 0. The highest BCUT2D eigenvalue weighted by Crippen LogP contribution is 2.24. The molecule has 0 spiro atoms. The molecule has 1 heterocycles. The number of piperidine rings is 1. The third kappa shape index (κ3) is 4.35. The quantitative estimate of drug-likeness (QED) is 0.837. The summed E-state index contributed by atoms with van der Waals surface area (Å²) in [5.41, 5.74) is 6.97. The van der Waals surface area contributed by atoms with Crippen LogP contribution in [0.15, 0.2) is 18.2 Å². The van der Waals surface area contributed by atoms with Gasteiger partial charge < -0.3 is 11.1 Å². The SMILES string of the molecule is CC1CCCC(C)N1CCC(=O)Nc1ccc(Cl)cc1N. The first-order chi connectivity index (χ1) is 9.97. The number of hydrogen-bond acceptors (Lipinski definition) is 3. The van der Waals surface area contributed by atoms with E-state index in [-0.39, 0.29) is 5.91 Å². The fraction of sp³-hybridized carbons (Fsp3) is 0.562. The molecule has 21 heavy (non-hydrogen) atoms. The minimum Gasteiger partial charge on any atom is -0.397 e. The van der Waals surface area contributed by atoms with Crippen LogP contribution in [0, 0.1) is 0 Å². The first-order valence-corrected chi connectivity index (χ1v) is 7.96. The van der Waals surface area contributed by atoms with E-state index >= 15 is 0 Å². The van der Waals surface area contributed by atoms with Crippen LogP contribution < -0.4 is 11.1 Å². The zero-order valence-electron chi connectivity index (χ0n) is 12.7. The van der Waals surface area contributed by atoms with Crippen LogP contribution in [0.2, 0.25) is 5.02 Å². The van der Waals surface area contributed by atoms with Gasteiger partial charge in [-0.1, -0.05) is 18.0 Å². The Morgan fingerprint density at radius 3 is 2.67 bits per heavy atom. The molecule has 1 aliphatic rings. The molecule has 0 aliphatic carbocycles. The summed E-state index contributed by atoms with van der Waals surface area (Å²) in [7, 11) is 0. The zero-order valence-corrected chi connectivity index (χ0v) is 13.5. The van der Waals surface area contributed by atoms with Crippen molar-refractivity contribution >= 4 is 28.9 Å². The van der Waals surface area contributed by atoms with Gasteiger partial charge in [0.1, 0.15) is 0 Å². The number of carbonyl (C=O) groups excluding carboxylic acids is 1. The molecule has 2 unspecified atom stereocenters. The fourth-order valence-electron chi connectivity index (χ4n) is 3.01. The molecule has 1 aromatic carbocycles. The number of nitrogens with two attached hydrogens (primary N) is 1. The Morgan fingerprint density at radius 2 is 2.05 bits per heavy atom. The van der Waals surface area contributed by atoms with E-state index in [1.807, 2.05) is 0 Å². The maximum Gasteiger partial charge on any atom is 0.225 e. The molecule has 1 aromatic rings. The predicted octanol–water partition coefficient (Wildman–Crippen LogP) is 3.51. The summed E-state index contributed by atoms with van der Waals surface area (Å²) in [5, 5.41) is 3.43. The van der Waals surface area contributed by atoms with E-state index in [0.29, 0.717) is 34.9 Å². The summed E-state index contributed by atoms with van der Waals surface area (Å²) >= 11 is 5.85. The lowest BCUT2D eigenvalue weighted by atomic mass is 9.97. The van der Waals surface area contributed by atoms with Gasteiger partial charge in [0.15, 0.2) is 0 Å². The molecule has 1 saturated heterocycles. The van der Waals surface area contributed by atoms with Crippen molar-refractivity contribution in [2.45, 2.75) is 51.6 Å². The normalized spacial score (nSPS) is 23.0. The van der Waals surface area contributed by atoms with Crippen molar-refractivity contribution in [2.75, 3.05) is 17.6 Å². The van der Waals surface area contributed by atoms with Crippen molar-refractivity contribution in [3.05, 3.63) is 23.2 Å². The van der Waals surface area contributed by atoms with Gasteiger partial charge in [0.25, 0.3) is 0 Å². The van der Waals surface area contributed by atoms with Crippen molar-refractivity contribution in [1.29, 1.82) is 0 Å². The van der Waals surface area contributed by atoms with Crippen LogP contribution in [-0.4, -0.2) is 29.4 Å². The molecule has 0 saturated carbocycles. The molecule has 1 amide bonds. The van der Waals surface area contributed by atoms with Crippen molar-refractivity contribution < 1.29 is 4.79 Å². The van der Waals surface area contributed by atoms with Gasteiger partial charge in [0.05, 0.1) is 11.4 Å². The summed E-state index contributed by atoms with van der Waals surface area (Å²) in [5.74, 6) is -0.00556. The largest absolute Gasteiger partial charge is 0.397 e. The number of halogens is 1. The first kappa shape index (κ1) is 16.1. The van der Waals surface area contributed by atoms with Crippen LogP contribution in [-0.2, 0) is 4.79 Å². The lowest BCUT2D eigenvalue weighted by Gasteiger charge is -2.38. The third-order valence-corrected chi connectivity index (χ3v) is 4.50. The molecule has 1 aliphatic heterocycles. The number of amides is 1. The van der Waals surface area contributed by atoms with Gasteiger partial charge in [-0.25, -0.2) is 0 Å². The zero-order chi connectivity index (χ0) is 15.4. The topological polar surface area (TPSA) is 58.4 Å². The maximum atomic E-state index is 12.1. The van der Waals surface area contributed by atoms with E-state index < -0.39 is 0 Å². The number of carbonyl (C=O) groups is 1. The molecule has 4 nitrogen and oxygen atoms in total. The standard InChI is InChI=1S/C16H24ClN3O/c1-11-4-3-5-12(2)20(11)9-8-16(21)19-15-7-6-13(17)10-14(15)18/h6-7,10-12H,3-5,8-9,18H2,1-2H3,(H,19,21). The lowest BCUT2D eigenvalue weighted by Crippen LogP contribution is -2.44. The molecule has 116 valence electrons. The Bertz CT molecular complexity index is 496. The lowest BCUT2D eigenvalue weighted by molar-refractivity contribution is -0.116. The van der Waals surface area contributed by atoms with Crippen LogP contribution in [0.4, 0.5) is 11.4 Å². The van der Waals surface area contributed by atoms with Gasteiger partial charge in [0, 0.05) is 30.1 Å². The van der Waals surface area contributed by atoms with Crippen LogP contribution in [0.25, 0.3) is 0 Å². The van der Waals surface area contributed by atoms with Crippen LogP contribution >= 0.6 is 11.6 Å². The molecule has 2 rings (SSSR count). The summed E-state index contributed by atoms with van der Waals surface area (Å²) in [6.45, 7) is 5.27. The Kier molecular flexibility index (Phi) is 5.48. The number of anilines is 2. The second-order valence-corrected chi connectivity index (χ2v) is 6.33. The summed E-state index contributed by atoms with van der Waals surface area (Å²) in [4.78, 5) is 14.5. The van der Waals surface area contributed by atoms with Crippen molar-refractivity contribution in [3.63, 3.8) is 0 Å². The van der Waals surface area contributed by atoms with Gasteiger partial charge >= 0.3 is 0 Å². The van der Waals surface area contributed by atoms with Crippen LogP contribution in [0.1, 0.15) is 39.5 Å². The molecule has 0 aromatic heterocycles. The number of nitrogens with one attached hydrogen (secondary N) is 1. The number of likely N-dealkylation sites (tertiary alicyclic amines) is 1. The van der Waals surface area contributed by atoms with Gasteiger partial charge in [0.2, 0.25) is 5.91 Å². The summed E-state index contributed by atoms with van der Waals surface area (Å²) in [6.07, 6.45) is 4.20. The van der Waals surface area contributed by atoms with Crippen LogP contribution in [0.5, 0.6) is 0 Å². The van der Waals surface area contributed by atoms with E-state index in [4.69, 9.17) is 17.3 Å². The Labute approximate surface area is 131 Å². The Hall–Kier alpha value is -1.26. The first-order valence-electron chi connectivity index (χ1n) is 7.58. The van der Waals surface area contributed by atoms with Gasteiger partial charge in [-0.2, -0.15) is 0 Å². The number of nitrogens with zero attached hydrogens (tertiary/aromatic N) is 1. The monoisotopic (exact) mass is 309 g/mol. The number of nitrogen functional groups attached to an aromatic ring is 1. The molecule has 1 fully saturated rings. The molecule has 0 radical (unpaired) electrons. The Balaban J connectivity index is 1.87. The third-order valence-electron chi connectivity index (χ3n) is 4.26.